The summed E-state index contributed by atoms with van der Waals surface area (Å²) in [7, 11) is 1.69. The highest BCUT2D eigenvalue weighted by atomic mass is 35.5. The third kappa shape index (κ3) is 5.29. The first-order chi connectivity index (χ1) is 13.7. The molecule has 1 amide bonds. The van der Waals surface area contributed by atoms with Gasteiger partial charge in [0.05, 0.1) is 7.11 Å². The zero-order valence-electron chi connectivity index (χ0n) is 16.9. The van der Waals surface area contributed by atoms with Crippen LogP contribution in [0, 0.1) is 5.92 Å². The number of hydrogen-bond acceptors (Lipinski definition) is 5. The van der Waals surface area contributed by atoms with Crippen molar-refractivity contribution < 1.29 is 9.53 Å². The van der Waals surface area contributed by atoms with Gasteiger partial charge in [-0.2, -0.15) is 5.10 Å². The molecule has 2 aromatic rings. The topological polar surface area (TPSA) is 82.3 Å². The summed E-state index contributed by atoms with van der Waals surface area (Å²) in [4.78, 5) is 15.0. The highest BCUT2D eigenvalue weighted by molar-refractivity contribution is 5.94. The number of carbonyl (C=O) groups is 1. The van der Waals surface area contributed by atoms with Crippen LogP contribution in [0.5, 0.6) is 5.75 Å². The van der Waals surface area contributed by atoms with Crippen LogP contribution in [0.25, 0.3) is 0 Å². The fourth-order valence-electron chi connectivity index (χ4n) is 4.07. The van der Waals surface area contributed by atoms with Gasteiger partial charge in [0.1, 0.15) is 5.75 Å². The Hall–Kier alpha value is -2.09. The molecule has 0 atom stereocenters. The van der Waals surface area contributed by atoms with E-state index in [4.69, 9.17) is 4.74 Å². The largest absolute Gasteiger partial charge is 0.497 e. The standard InChI is InChI=1S/C21H29N5O2.ClH/c1-28-17-4-2-16(3-5-17)14-26-10-7-15(8-11-26)12-23-21(27)20-18-13-22-9-6-19(18)24-25-20;/h2-5,15,22H,6-14H2,1H3,(H,23,27)(H,24,25);1H. The van der Waals surface area contributed by atoms with Crippen LogP contribution in [0.2, 0.25) is 0 Å². The van der Waals surface area contributed by atoms with E-state index < -0.39 is 0 Å². The lowest BCUT2D eigenvalue weighted by Crippen LogP contribution is -2.38. The number of H-pyrrole nitrogens is 1. The molecule has 8 heteroatoms. The van der Waals surface area contributed by atoms with E-state index in [1.165, 1.54) is 5.56 Å². The first-order valence-corrected chi connectivity index (χ1v) is 10.1. The maximum Gasteiger partial charge on any atom is 0.272 e. The van der Waals surface area contributed by atoms with Crippen LogP contribution in [-0.2, 0) is 19.5 Å². The van der Waals surface area contributed by atoms with Crippen LogP contribution in [0.1, 0.15) is 40.2 Å². The Labute approximate surface area is 178 Å². The summed E-state index contributed by atoms with van der Waals surface area (Å²) in [6.45, 7) is 5.48. The second-order valence-electron chi connectivity index (χ2n) is 7.73. The second kappa shape index (κ2) is 10.1. The van der Waals surface area contributed by atoms with Gasteiger partial charge in [-0.25, -0.2) is 0 Å². The number of amides is 1. The molecule has 0 radical (unpaired) electrons. The van der Waals surface area contributed by atoms with E-state index in [1.807, 2.05) is 12.1 Å². The minimum Gasteiger partial charge on any atom is -0.497 e. The number of nitrogens with zero attached hydrogens (tertiary/aromatic N) is 2. The van der Waals surface area contributed by atoms with Crippen molar-refractivity contribution in [2.45, 2.75) is 32.4 Å². The monoisotopic (exact) mass is 419 g/mol. The van der Waals surface area contributed by atoms with Crippen molar-refractivity contribution in [1.29, 1.82) is 0 Å². The molecule has 0 spiro atoms. The maximum absolute atomic E-state index is 12.5. The van der Waals surface area contributed by atoms with Crippen molar-refractivity contribution in [3.05, 3.63) is 46.8 Å². The van der Waals surface area contributed by atoms with Gasteiger partial charge in [0.2, 0.25) is 0 Å². The van der Waals surface area contributed by atoms with Crippen LogP contribution < -0.4 is 15.4 Å². The molecule has 3 heterocycles. The number of fused-ring (bicyclic) bond motifs is 1. The van der Waals surface area contributed by atoms with Gasteiger partial charge in [-0.05, 0) is 49.5 Å². The van der Waals surface area contributed by atoms with Crippen LogP contribution in [0.3, 0.4) is 0 Å². The molecular weight excluding hydrogens is 390 g/mol. The molecule has 7 nitrogen and oxygen atoms in total. The van der Waals surface area contributed by atoms with Crippen LogP contribution >= 0.6 is 12.4 Å². The lowest BCUT2D eigenvalue weighted by molar-refractivity contribution is 0.0929. The first kappa shape index (κ1) is 21.6. The normalized spacial score (nSPS) is 17.3. The zero-order chi connectivity index (χ0) is 19.3. The Morgan fingerprint density at radius 3 is 2.76 bits per heavy atom. The number of methoxy groups -OCH3 is 1. The fourth-order valence-corrected chi connectivity index (χ4v) is 4.07. The smallest absolute Gasteiger partial charge is 0.272 e. The number of aromatic amines is 1. The summed E-state index contributed by atoms with van der Waals surface area (Å²) in [6.07, 6.45) is 3.12. The molecule has 1 aromatic carbocycles. The molecular formula is C21H30ClN5O2. The number of likely N-dealkylation sites (tertiary alicyclic amines) is 1. The van der Waals surface area contributed by atoms with Crippen molar-refractivity contribution in [1.82, 2.24) is 25.7 Å². The van der Waals surface area contributed by atoms with Gasteiger partial charge in [0.15, 0.2) is 5.69 Å². The van der Waals surface area contributed by atoms with Crippen LogP contribution in [-0.4, -0.2) is 54.3 Å². The number of ether oxygens (including phenoxy) is 1. The molecule has 2 aliphatic rings. The minimum atomic E-state index is -0.0538. The van der Waals surface area contributed by atoms with Gasteiger partial charge in [0, 0.05) is 43.9 Å². The number of halogens is 1. The van der Waals surface area contributed by atoms with Crippen molar-refractivity contribution in [2.24, 2.45) is 5.92 Å². The number of piperidine rings is 1. The van der Waals surface area contributed by atoms with Gasteiger partial charge in [0.25, 0.3) is 5.91 Å². The van der Waals surface area contributed by atoms with Gasteiger partial charge in [-0.3, -0.25) is 14.8 Å². The molecule has 158 valence electrons. The highest BCUT2D eigenvalue weighted by Gasteiger charge is 2.23. The molecule has 0 bridgehead atoms. The summed E-state index contributed by atoms with van der Waals surface area (Å²) >= 11 is 0. The third-order valence-corrected chi connectivity index (χ3v) is 5.85. The molecule has 0 unspecified atom stereocenters. The van der Waals surface area contributed by atoms with Gasteiger partial charge < -0.3 is 15.4 Å². The van der Waals surface area contributed by atoms with Crippen LogP contribution in [0.15, 0.2) is 24.3 Å². The van der Waals surface area contributed by atoms with Crippen molar-refractivity contribution in [2.75, 3.05) is 33.3 Å². The summed E-state index contributed by atoms with van der Waals surface area (Å²) < 4.78 is 5.22. The Morgan fingerprint density at radius 1 is 1.28 bits per heavy atom. The molecule has 0 aliphatic carbocycles. The number of carbonyl (C=O) groups excluding carboxylic acids is 1. The summed E-state index contributed by atoms with van der Waals surface area (Å²) in [5.74, 6) is 1.37. The van der Waals surface area contributed by atoms with E-state index >= 15 is 0 Å². The molecule has 1 fully saturated rings. The Kier molecular flexibility index (Phi) is 7.52. The Balaban J connectivity index is 0.00000240. The molecule has 1 saturated heterocycles. The number of aromatic nitrogens is 2. The predicted molar refractivity (Wildman–Crippen MR) is 115 cm³/mol. The predicted octanol–water partition coefficient (Wildman–Crippen LogP) is 2.13. The van der Waals surface area contributed by atoms with E-state index in [-0.39, 0.29) is 18.3 Å². The van der Waals surface area contributed by atoms with Crippen molar-refractivity contribution >= 4 is 18.3 Å². The van der Waals surface area contributed by atoms with Gasteiger partial charge in [-0.15, -0.1) is 12.4 Å². The number of rotatable bonds is 6. The molecule has 2 aliphatic heterocycles. The summed E-state index contributed by atoms with van der Waals surface area (Å²) in [5, 5.41) is 13.7. The average molecular weight is 420 g/mol. The molecule has 3 N–H and O–H groups in total. The second-order valence-corrected chi connectivity index (χ2v) is 7.73. The Morgan fingerprint density at radius 2 is 2.03 bits per heavy atom. The fraction of sp³-hybridized carbons (Fsp3) is 0.524. The Bertz CT molecular complexity index is 800. The maximum atomic E-state index is 12.5. The average Bonchev–Trinajstić information content (AvgIpc) is 3.18. The lowest BCUT2D eigenvalue weighted by Gasteiger charge is -2.32. The van der Waals surface area contributed by atoms with E-state index in [0.29, 0.717) is 11.6 Å². The molecule has 29 heavy (non-hydrogen) atoms. The number of nitrogens with one attached hydrogen (secondary N) is 3. The molecule has 4 rings (SSSR count). The highest BCUT2D eigenvalue weighted by Crippen LogP contribution is 2.20. The van der Waals surface area contributed by atoms with Crippen LogP contribution in [0.4, 0.5) is 0 Å². The first-order valence-electron chi connectivity index (χ1n) is 10.1. The van der Waals surface area contributed by atoms with E-state index in [9.17, 15) is 4.79 Å². The SMILES string of the molecule is COc1ccc(CN2CCC(CNC(=O)c3n[nH]c4c3CNCC4)CC2)cc1.Cl. The van der Waals surface area contributed by atoms with Gasteiger partial charge >= 0.3 is 0 Å². The third-order valence-electron chi connectivity index (χ3n) is 5.85. The lowest BCUT2D eigenvalue weighted by atomic mass is 9.96. The minimum absolute atomic E-state index is 0. The van der Waals surface area contributed by atoms with Crippen molar-refractivity contribution in [3.63, 3.8) is 0 Å². The van der Waals surface area contributed by atoms with Gasteiger partial charge in [-0.1, -0.05) is 12.1 Å². The number of hydrogen-bond donors (Lipinski definition) is 3. The molecule has 0 saturated carbocycles. The van der Waals surface area contributed by atoms with E-state index in [0.717, 1.165) is 75.5 Å². The van der Waals surface area contributed by atoms with Crippen molar-refractivity contribution in [3.8, 4) is 5.75 Å². The summed E-state index contributed by atoms with van der Waals surface area (Å²) in [6, 6.07) is 8.29. The quantitative estimate of drug-likeness (QED) is 0.668. The number of benzene rings is 1. The van der Waals surface area contributed by atoms with E-state index in [1.54, 1.807) is 7.11 Å². The summed E-state index contributed by atoms with van der Waals surface area (Å²) in [5.41, 5.74) is 3.98. The zero-order valence-corrected chi connectivity index (χ0v) is 17.7. The molecule has 1 aromatic heterocycles. The van der Waals surface area contributed by atoms with E-state index in [2.05, 4.69) is 37.9 Å².